The summed E-state index contributed by atoms with van der Waals surface area (Å²) in [5.41, 5.74) is 0.796. The molecule has 1 heterocycles. The van der Waals surface area contributed by atoms with Crippen LogP contribution in [0.25, 0.3) is 0 Å². The van der Waals surface area contributed by atoms with Gasteiger partial charge in [-0.15, -0.1) is 0 Å². The minimum atomic E-state index is -0.615. The van der Waals surface area contributed by atoms with Gasteiger partial charge in [0.15, 0.2) is 6.61 Å². The van der Waals surface area contributed by atoms with E-state index >= 15 is 0 Å². The number of rotatable bonds is 8. The summed E-state index contributed by atoms with van der Waals surface area (Å²) in [5.74, 6) is 0.0857. The first-order valence-corrected chi connectivity index (χ1v) is 8.59. The molecule has 2 aromatic rings. The van der Waals surface area contributed by atoms with Crippen molar-refractivity contribution < 1.29 is 14.3 Å². The van der Waals surface area contributed by atoms with Crippen LogP contribution in [-0.4, -0.2) is 41.4 Å². The minimum Gasteiger partial charge on any atom is -0.484 e. The third-order valence-electron chi connectivity index (χ3n) is 3.86. The molecule has 1 unspecified atom stereocenters. The van der Waals surface area contributed by atoms with Crippen LogP contribution >= 0.6 is 0 Å². The summed E-state index contributed by atoms with van der Waals surface area (Å²) < 4.78 is 5.44. The molecule has 26 heavy (non-hydrogen) atoms. The number of nitrogens with zero attached hydrogens (tertiary/aromatic N) is 2. The molecule has 0 aliphatic rings. The molecule has 1 atom stereocenters. The lowest BCUT2D eigenvalue weighted by Crippen LogP contribution is -2.51. The van der Waals surface area contributed by atoms with Crippen molar-refractivity contribution in [3.05, 3.63) is 60.4 Å². The number of para-hydroxylation sites is 1. The lowest BCUT2D eigenvalue weighted by molar-refractivity contribution is -0.137. The maximum Gasteiger partial charge on any atom is 0.258 e. The highest BCUT2D eigenvalue weighted by Gasteiger charge is 2.27. The number of likely N-dealkylation sites (N-methyl/N-ethyl adjacent to an activating group) is 1. The van der Waals surface area contributed by atoms with Crippen LogP contribution in [0.15, 0.2) is 54.7 Å². The van der Waals surface area contributed by atoms with E-state index in [1.807, 2.05) is 50.2 Å². The van der Waals surface area contributed by atoms with Crippen LogP contribution in [0, 0.1) is 5.92 Å². The average Bonchev–Trinajstić information content (AvgIpc) is 2.65. The largest absolute Gasteiger partial charge is 0.484 e. The summed E-state index contributed by atoms with van der Waals surface area (Å²) in [6.07, 6.45) is 1.69. The van der Waals surface area contributed by atoms with Gasteiger partial charge in [0.1, 0.15) is 11.8 Å². The molecular formula is C20H25N3O3. The predicted octanol–water partition coefficient (Wildman–Crippen LogP) is 2.26. The van der Waals surface area contributed by atoms with Crippen molar-refractivity contribution in [2.45, 2.75) is 26.4 Å². The van der Waals surface area contributed by atoms with Gasteiger partial charge < -0.3 is 15.0 Å². The van der Waals surface area contributed by atoms with E-state index in [4.69, 9.17) is 4.74 Å². The Morgan fingerprint density at radius 3 is 2.42 bits per heavy atom. The van der Waals surface area contributed by atoms with Crippen LogP contribution < -0.4 is 10.1 Å². The number of benzene rings is 1. The monoisotopic (exact) mass is 355 g/mol. The molecule has 6 nitrogen and oxygen atoms in total. The molecule has 0 radical (unpaired) electrons. The molecule has 0 saturated carbocycles. The number of amides is 2. The summed E-state index contributed by atoms with van der Waals surface area (Å²) in [6, 6.07) is 14.0. The van der Waals surface area contributed by atoms with E-state index in [2.05, 4.69) is 10.3 Å². The summed E-state index contributed by atoms with van der Waals surface area (Å²) >= 11 is 0. The fraction of sp³-hybridized carbons (Fsp3) is 0.350. The third-order valence-corrected chi connectivity index (χ3v) is 3.86. The average molecular weight is 355 g/mol. The minimum absolute atomic E-state index is 0.0469. The fourth-order valence-electron chi connectivity index (χ4n) is 2.44. The predicted molar refractivity (Wildman–Crippen MR) is 99.4 cm³/mol. The molecule has 1 aromatic carbocycles. The van der Waals surface area contributed by atoms with Gasteiger partial charge in [0.2, 0.25) is 5.91 Å². The molecule has 138 valence electrons. The van der Waals surface area contributed by atoms with Gasteiger partial charge >= 0.3 is 0 Å². The molecule has 0 fully saturated rings. The quantitative estimate of drug-likeness (QED) is 0.788. The second-order valence-corrected chi connectivity index (χ2v) is 6.41. The van der Waals surface area contributed by atoms with Crippen molar-refractivity contribution in [3.63, 3.8) is 0 Å². The van der Waals surface area contributed by atoms with Crippen molar-refractivity contribution in [2.75, 3.05) is 13.7 Å². The van der Waals surface area contributed by atoms with Gasteiger partial charge in [0, 0.05) is 13.2 Å². The lowest BCUT2D eigenvalue weighted by Gasteiger charge is -2.27. The Balaban J connectivity index is 1.92. The second kappa shape index (κ2) is 9.56. The van der Waals surface area contributed by atoms with Crippen LogP contribution in [0.5, 0.6) is 5.75 Å². The van der Waals surface area contributed by atoms with E-state index in [0.717, 1.165) is 5.69 Å². The number of hydrogen-bond donors (Lipinski definition) is 1. The van der Waals surface area contributed by atoms with E-state index in [1.54, 1.807) is 30.3 Å². The van der Waals surface area contributed by atoms with Crippen LogP contribution in [0.2, 0.25) is 0 Å². The number of hydrogen-bond acceptors (Lipinski definition) is 4. The molecule has 2 amide bonds. The van der Waals surface area contributed by atoms with Gasteiger partial charge in [-0.2, -0.15) is 0 Å². The first kappa shape index (κ1) is 19.4. The highest BCUT2D eigenvalue weighted by molar-refractivity contribution is 5.88. The Kier molecular flexibility index (Phi) is 7.14. The van der Waals surface area contributed by atoms with Crippen LogP contribution in [0.4, 0.5) is 0 Å². The lowest BCUT2D eigenvalue weighted by atomic mass is 10.0. The SMILES string of the molecule is CC(C)C(NC(=O)COc1ccccc1)C(=O)N(C)Cc1ccccn1. The van der Waals surface area contributed by atoms with Crippen molar-refractivity contribution in [1.82, 2.24) is 15.2 Å². The second-order valence-electron chi connectivity index (χ2n) is 6.41. The van der Waals surface area contributed by atoms with Crippen molar-refractivity contribution in [3.8, 4) is 5.75 Å². The molecule has 0 bridgehead atoms. The Hall–Kier alpha value is -2.89. The molecule has 0 aliphatic carbocycles. The van der Waals surface area contributed by atoms with E-state index in [0.29, 0.717) is 12.3 Å². The first-order valence-electron chi connectivity index (χ1n) is 8.59. The number of ether oxygens (including phenoxy) is 1. The molecular weight excluding hydrogens is 330 g/mol. The van der Waals surface area contributed by atoms with Crippen molar-refractivity contribution >= 4 is 11.8 Å². The van der Waals surface area contributed by atoms with E-state index in [9.17, 15) is 9.59 Å². The molecule has 0 saturated heterocycles. The highest BCUT2D eigenvalue weighted by atomic mass is 16.5. The van der Waals surface area contributed by atoms with Gasteiger partial charge in [0.05, 0.1) is 12.2 Å². The summed E-state index contributed by atoms with van der Waals surface area (Å²) in [6.45, 7) is 4.05. The summed E-state index contributed by atoms with van der Waals surface area (Å²) in [5, 5.41) is 2.78. The van der Waals surface area contributed by atoms with Crippen molar-refractivity contribution in [1.29, 1.82) is 0 Å². The Labute approximate surface area is 154 Å². The molecule has 6 heteroatoms. The third kappa shape index (κ3) is 5.88. The zero-order chi connectivity index (χ0) is 18.9. The van der Waals surface area contributed by atoms with Crippen molar-refractivity contribution in [2.24, 2.45) is 5.92 Å². The van der Waals surface area contributed by atoms with E-state index in [-0.39, 0.29) is 24.3 Å². The number of carbonyl (C=O) groups excluding carboxylic acids is 2. The summed E-state index contributed by atoms with van der Waals surface area (Å²) in [7, 11) is 1.71. The topological polar surface area (TPSA) is 71.5 Å². The molecule has 1 aromatic heterocycles. The van der Waals surface area contributed by atoms with Gasteiger partial charge in [-0.25, -0.2) is 0 Å². The Bertz CT molecular complexity index is 705. The Morgan fingerprint density at radius 2 is 1.81 bits per heavy atom. The molecule has 1 N–H and O–H groups in total. The van der Waals surface area contributed by atoms with Gasteiger partial charge in [-0.3, -0.25) is 14.6 Å². The number of aromatic nitrogens is 1. The first-order chi connectivity index (χ1) is 12.5. The maximum absolute atomic E-state index is 12.7. The standard InChI is InChI=1S/C20H25N3O3/c1-15(2)19(20(25)23(3)13-16-9-7-8-12-21-16)22-18(24)14-26-17-10-5-4-6-11-17/h4-12,15,19H,13-14H2,1-3H3,(H,22,24). The van der Waals surface area contributed by atoms with Gasteiger partial charge in [-0.1, -0.05) is 38.1 Å². The van der Waals surface area contributed by atoms with Gasteiger partial charge in [0.25, 0.3) is 5.91 Å². The zero-order valence-corrected chi connectivity index (χ0v) is 15.4. The molecule has 2 rings (SSSR count). The Morgan fingerprint density at radius 1 is 1.12 bits per heavy atom. The fourth-order valence-corrected chi connectivity index (χ4v) is 2.44. The van der Waals surface area contributed by atoms with E-state index in [1.165, 1.54) is 0 Å². The smallest absolute Gasteiger partial charge is 0.258 e. The van der Waals surface area contributed by atoms with E-state index < -0.39 is 6.04 Å². The van der Waals surface area contributed by atoms with Crippen LogP contribution in [0.3, 0.4) is 0 Å². The number of nitrogens with one attached hydrogen (secondary N) is 1. The van der Waals surface area contributed by atoms with Crippen LogP contribution in [-0.2, 0) is 16.1 Å². The zero-order valence-electron chi connectivity index (χ0n) is 15.4. The molecule has 0 aliphatic heterocycles. The number of carbonyl (C=O) groups is 2. The summed E-state index contributed by atoms with van der Waals surface area (Å²) in [4.78, 5) is 30.7. The molecule has 0 spiro atoms. The number of pyridine rings is 1. The maximum atomic E-state index is 12.7. The highest BCUT2D eigenvalue weighted by Crippen LogP contribution is 2.10. The van der Waals surface area contributed by atoms with Gasteiger partial charge in [-0.05, 0) is 30.2 Å². The van der Waals surface area contributed by atoms with Crippen LogP contribution in [0.1, 0.15) is 19.5 Å². The normalized spacial score (nSPS) is 11.7.